The van der Waals surface area contributed by atoms with Crippen molar-refractivity contribution in [3.63, 3.8) is 0 Å². The van der Waals surface area contributed by atoms with Crippen LogP contribution >= 0.6 is 0 Å². The van der Waals surface area contributed by atoms with Gasteiger partial charge in [0.1, 0.15) is 11.2 Å². The third kappa shape index (κ3) is 4.25. The molecule has 0 spiro atoms. The summed E-state index contributed by atoms with van der Waals surface area (Å²) in [5.41, 5.74) is 16.3. The normalized spacial score (nSPS) is 16.5. The van der Waals surface area contributed by atoms with Gasteiger partial charge in [-0.1, -0.05) is 120 Å². The van der Waals surface area contributed by atoms with Crippen molar-refractivity contribution in [2.75, 3.05) is 4.90 Å². The van der Waals surface area contributed by atoms with Gasteiger partial charge < -0.3 is 9.32 Å². The van der Waals surface area contributed by atoms with Gasteiger partial charge >= 0.3 is 0 Å². The number of benzene rings is 6. The van der Waals surface area contributed by atoms with Crippen molar-refractivity contribution in [3.8, 4) is 22.3 Å². The molecular formula is C46H41NO. The third-order valence-electron chi connectivity index (χ3n) is 11.2. The Balaban J connectivity index is 1.23. The van der Waals surface area contributed by atoms with Crippen molar-refractivity contribution >= 4 is 39.0 Å². The molecule has 0 fully saturated rings. The topological polar surface area (TPSA) is 16.4 Å². The summed E-state index contributed by atoms with van der Waals surface area (Å²) in [6, 6.07) is 47.1. The van der Waals surface area contributed by atoms with Crippen LogP contribution in [-0.2, 0) is 16.2 Å². The predicted octanol–water partition coefficient (Wildman–Crippen LogP) is 13.0. The minimum atomic E-state index is -0.0419. The largest absolute Gasteiger partial charge is 0.456 e. The van der Waals surface area contributed by atoms with Crippen LogP contribution in [-0.4, -0.2) is 0 Å². The Kier molecular flexibility index (Phi) is 6.04. The lowest BCUT2D eigenvalue weighted by Gasteiger charge is -2.28. The highest BCUT2D eigenvalue weighted by Gasteiger charge is 2.42. The molecule has 0 radical (unpaired) electrons. The lowest BCUT2D eigenvalue weighted by molar-refractivity contribution is 0.403. The number of hydrogen-bond acceptors (Lipinski definition) is 2. The molecular weight excluding hydrogens is 583 g/mol. The van der Waals surface area contributed by atoms with Crippen molar-refractivity contribution in [1.29, 1.82) is 0 Å². The molecule has 7 aromatic rings. The van der Waals surface area contributed by atoms with E-state index in [-0.39, 0.29) is 16.2 Å². The lowest BCUT2D eigenvalue weighted by Crippen LogP contribution is -2.17. The first kappa shape index (κ1) is 29.1. The van der Waals surface area contributed by atoms with E-state index in [0.29, 0.717) is 0 Å². The number of fused-ring (bicyclic) bond motifs is 7. The summed E-state index contributed by atoms with van der Waals surface area (Å²) in [6.07, 6.45) is 1.16. The van der Waals surface area contributed by atoms with Gasteiger partial charge in [0.05, 0.1) is 0 Å². The summed E-state index contributed by atoms with van der Waals surface area (Å²) in [7, 11) is 0. The number of hydrogen-bond donors (Lipinski definition) is 0. The molecule has 2 nitrogen and oxygen atoms in total. The highest BCUT2D eigenvalue weighted by atomic mass is 16.3. The summed E-state index contributed by atoms with van der Waals surface area (Å²) in [5.74, 6) is 0. The minimum absolute atomic E-state index is 0.0419. The number of nitrogens with zero attached hydrogens (tertiary/aromatic N) is 1. The van der Waals surface area contributed by atoms with E-state index in [1.54, 1.807) is 0 Å². The summed E-state index contributed by atoms with van der Waals surface area (Å²) < 4.78 is 6.25. The Hall–Kier alpha value is -5.08. The highest BCUT2D eigenvalue weighted by molar-refractivity contribution is 6.06. The van der Waals surface area contributed by atoms with Gasteiger partial charge in [-0.15, -0.1) is 0 Å². The molecule has 0 bridgehead atoms. The molecule has 1 aromatic heterocycles. The zero-order chi connectivity index (χ0) is 33.0. The molecule has 6 aromatic carbocycles. The molecule has 2 aliphatic rings. The lowest BCUT2D eigenvalue weighted by atomic mass is 9.82. The van der Waals surface area contributed by atoms with Crippen molar-refractivity contribution in [2.24, 2.45) is 0 Å². The number of furan rings is 1. The van der Waals surface area contributed by atoms with E-state index in [1.165, 1.54) is 44.5 Å². The van der Waals surface area contributed by atoms with E-state index in [9.17, 15) is 0 Å². The molecule has 236 valence electrons. The van der Waals surface area contributed by atoms with E-state index in [2.05, 4.69) is 168 Å². The first-order valence-corrected chi connectivity index (χ1v) is 17.2. The average molecular weight is 624 g/mol. The maximum absolute atomic E-state index is 6.25. The molecule has 0 saturated carbocycles. The standard InChI is InChI=1S/C46H41NO/c1-44(2)28-45(3,4)41-25-30(18-21-40(41)44)29-12-11-13-31(24-29)47(33-20-23-43-37(27-33)35-15-8-10-17-42(35)48-43)32-19-22-39-36(26-32)34-14-7-9-16-38(34)46(39,5)6/h7-27H,28H2,1-6H3. The quantitative estimate of drug-likeness (QED) is 0.194. The van der Waals surface area contributed by atoms with E-state index >= 15 is 0 Å². The van der Waals surface area contributed by atoms with Crippen LogP contribution in [0.25, 0.3) is 44.2 Å². The SMILES string of the molecule is CC1(C)CC(C)(C)c2cc(-c3cccc(N(c4ccc5c(c4)-c4ccccc4C5(C)C)c4ccc5oc6ccccc6c5c4)c3)ccc21. The zero-order valence-corrected chi connectivity index (χ0v) is 28.7. The second kappa shape index (κ2) is 9.97. The van der Waals surface area contributed by atoms with Gasteiger partial charge in [0.2, 0.25) is 0 Å². The van der Waals surface area contributed by atoms with Gasteiger partial charge in [-0.3, -0.25) is 0 Å². The molecule has 0 unspecified atom stereocenters. The van der Waals surface area contributed by atoms with Gasteiger partial charge in [-0.2, -0.15) is 0 Å². The van der Waals surface area contributed by atoms with E-state index < -0.39 is 0 Å². The molecule has 48 heavy (non-hydrogen) atoms. The van der Waals surface area contributed by atoms with E-state index in [0.717, 1.165) is 45.4 Å². The Bertz CT molecular complexity index is 2420. The maximum Gasteiger partial charge on any atom is 0.135 e. The van der Waals surface area contributed by atoms with Gasteiger partial charge in [0, 0.05) is 33.2 Å². The molecule has 0 amide bonds. The van der Waals surface area contributed by atoms with Crippen LogP contribution in [0.4, 0.5) is 17.1 Å². The fourth-order valence-corrected chi connectivity index (χ4v) is 9.14. The van der Waals surface area contributed by atoms with Crippen LogP contribution in [0, 0.1) is 0 Å². The Morgan fingerprint density at radius 1 is 0.458 bits per heavy atom. The summed E-state index contributed by atoms with van der Waals surface area (Å²) >= 11 is 0. The van der Waals surface area contributed by atoms with Gasteiger partial charge in [-0.25, -0.2) is 0 Å². The predicted molar refractivity (Wildman–Crippen MR) is 202 cm³/mol. The van der Waals surface area contributed by atoms with E-state index in [4.69, 9.17) is 4.42 Å². The average Bonchev–Trinajstić information content (AvgIpc) is 3.63. The third-order valence-corrected chi connectivity index (χ3v) is 11.2. The Morgan fingerprint density at radius 3 is 1.98 bits per heavy atom. The van der Waals surface area contributed by atoms with Crippen LogP contribution in [0.2, 0.25) is 0 Å². The number of para-hydroxylation sites is 1. The van der Waals surface area contributed by atoms with Crippen molar-refractivity contribution in [1.82, 2.24) is 0 Å². The van der Waals surface area contributed by atoms with Crippen LogP contribution in [0.3, 0.4) is 0 Å². The fraction of sp³-hybridized carbons (Fsp3) is 0.217. The van der Waals surface area contributed by atoms with Crippen LogP contribution in [0.5, 0.6) is 0 Å². The molecule has 2 heteroatoms. The second-order valence-corrected chi connectivity index (χ2v) is 15.8. The fourth-order valence-electron chi connectivity index (χ4n) is 9.14. The summed E-state index contributed by atoms with van der Waals surface area (Å²) in [5, 5.41) is 2.26. The molecule has 0 aliphatic heterocycles. The summed E-state index contributed by atoms with van der Waals surface area (Å²) in [6.45, 7) is 14.2. The van der Waals surface area contributed by atoms with Gasteiger partial charge in [-0.05, 0) is 110 Å². The molecule has 1 heterocycles. The van der Waals surface area contributed by atoms with Crippen molar-refractivity contribution in [2.45, 2.75) is 64.2 Å². The van der Waals surface area contributed by atoms with E-state index in [1.807, 2.05) is 6.07 Å². The minimum Gasteiger partial charge on any atom is -0.456 e. The van der Waals surface area contributed by atoms with Gasteiger partial charge in [0.25, 0.3) is 0 Å². The van der Waals surface area contributed by atoms with Crippen molar-refractivity contribution in [3.05, 3.63) is 150 Å². The molecule has 2 aliphatic carbocycles. The van der Waals surface area contributed by atoms with Crippen LogP contribution < -0.4 is 4.90 Å². The second-order valence-electron chi connectivity index (χ2n) is 15.8. The molecule has 0 saturated heterocycles. The molecule has 9 rings (SSSR count). The Morgan fingerprint density at radius 2 is 1.10 bits per heavy atom. The molecule has 0 N–H and O–H groups in total. The highest BCUT2D eigenvalue weighted by Crippen LogP contribution is 2.52. The smallest absolute Gasteiger partial charge is 0.135 e. The van der Waals surface area contributed by atoms with Crippen LogP contribution in [0.15, 0.2) is 132 Å². The Labute approximate surface area is 283 Å². The monoisotopic (exact) mass is 623 g/mol. The molecule has 0 atom stereocenters. The zero-order valence-electron chi connectivity index (χ0n) is 28.7. The number of rotatable bonds is 4. The number of anilines is 3. The first-order valence-electron chi connectivity index (χ1n) is 17.2. The van der Waals surface area contributed by atoms with Crippen LogP contribution in [0.1, 0.15) is 70.2 Å². The van der Waals surface area contributed by atoms with Crippen molar-refractivity contribution < 1.29 is 4.42 Å². The maximum atomic E-state index is 6.25. The van der Waals surface area contributed by atoms with Gasteiger partial charge in [0.15, 0.2) is 0 Å². The summed E-state index contributed by atoms with van der Waals surface area (Å²) in [4.78, 5) is 2.42. The first-order chi connectivity index (χ1) is 23.0.